The summed E-state index contributed by atoms with van der Waals surface area (Å²) in [5.41, 5.74) is 2.42. The zero-order chi connectivity index (χ0) is 14.7. The summed E-state index contributed by atoms with van der Waals surface area (Å²) in [6.45, 7) is 3.66. The fourth-order valence-electron chi connectivity index (χ4n) is 2.41. The number of nitrogens with zero attached hydrogens (tertiary/aromatic N) is 3. The van der Waals surface area contributed by atoms with Gasteiger partial charge in [0.2, 0.25) is 0 Å². The first-order chi connectivity index (χ1) is 10.2. The Morgan fingerprint density at radius 1 is 1.38 bits per heavy atom. The molecular formula is C16H20N4O. The normalized spacial score (nSPS) is 15.0. The van der Waals surface area contributed by atoms with Gasteiger partial charge in [-0.25, -0.2) is 4.98 Å². The van der Waals surface area contributed by atoms with Crippen LogP contribution in [0.15, 0.2) is 36.2 Å². The summed E-state index contributed by atoms with van der Waals surface area (Å²) in [5.74, 6) is 1.84. The van der Waals surface area contributed by atoms with E-state index >= 15 is 0 Å². The minimum atomic E-state index is 0.280. The number of fused-ring (bicyclic) bond motifs is 1. The van der Waals surface area contributed by atoms with Crippen LogP contribution in [0, 0.1) is 0 Å². The maximum absolute atomic E-state index is 5.79. The number of aryl methyl sites for hydroxylation is 1. The van der Waals surface area contributed by atoms with Gasteiger partial charge in [-0.05, 0) is 24.6 Å². The Hall–Kier alpha value is -2.14. The van der Waals surface area contributed by atoms with E-state index in [1.54, 1.807) is 11.0 Å². The third-order valence-electron chi connectivity index (χ3n) is 3.66. The molecule has 1 N–H and O–H groups in total. The van der Waals surface area contributed by atoms with E-state index < -0.39 is 0 Å². The first-order valence-electron chi connectivity index (χ1n) is 7.22. The van der Waals surface area contributed by atoms with E-state index in [2.05, 4.69) is 34.5 Å². The molecule has 21 heavy (non-hydrogen) atoms. The molecular weight excluding hydrogens is 264 g/mol. The molecule has 5 heteroatoms. The predicted molar refractivity (Wildman–Crippen MR) is 82.1 cm³/mol. The average molecular weight is 284 g/mol. The molecule has 0 saturated heterocycles. The topological polar surface area (TPSA) is 52.0 Å². The van der Waals surface area contributed by atoms with Gasteiger partial charge in [0.25, 0.3) is 0 Å². The van der Waals surface area contributed by atoms with Crippen molar-refractivity contribution < 1.29 is 4.74 Å². The van der Waals surface area contributed by atoms with E-state index in [1.165, 1.54) is 5.57 Å². The number of hydrogen-bond acceptors (Lipinski definition) is 4. The van der Waals surface area contributed by atoms with Gasteiger partial charge in [0.1, 0.15) is 18.7 Å². The Morgan fingerprint density at radius 3 is 3.05 bits per heavy atom. The molecule has 5 nitrogen and oxygen atoms in total. The van der Waals surface area contributed by atoms with Gasteiger partial charge in [0.15, 0.2) is 5.82 Å². The molecule has 0 amide bonds. The largest absolute Gasteiger partial charge is 0.489 e. The van der Waals surface area contributed by atoms with Crippen LogP contribution in [0.4, 0.5) is 0 Å². The van der Waals surface area contributed by atoms with Crippen LogP contribution in [0.1, 0.15) is 18.3 Å². The summed E-state index contributed by atoms with van der Waals surface area (Å²) in [7, 11) is 1.88. The third kappa shape index (κ3) is 3.31. The molecule has 1 atom stereocenters. The van der Waals surface area contributed by atoms with Crippen molar-refractivity contribution in [2.24, 2.45) is 7.05 Å². The molecule has 0 spiro atoms. The SMILES string of the molecule is CC(NCCc1ncn(C)n1)C1=Cc2ccccc2OC1. The van der Waals surface area contributed by atoms with E-state index in [4.69, 9.17) is 4.74 Å². The quantitative estimate of drug-likeness (QED) is 0.910. The van der Waals surface area contributed by atoms with Crippen LogP contribution in [0.2, 0.25) is 0 Å². The molecule has 1 aromatic carbocycles. The lowest BCUT2D eigenvalue weighted by molar-refractivity contribution is 0.334. The first-order valence-corrected chi connectivity index (χ1v) is 7.22. The number of aromatic nitrogens is 3. The molecule has 1 aromatic heterocycles. The van der Waals surface area contributed by atoms with Gasteiger partial charge in [-0.3, -0.25) is 4.68 Å². The van der Waals surface area contributed by atoms with Crippen LogP contribution in [0.25, 0.3) is 6.08 Å². The number of benzene rings is 1. The Labute approximate surface area is 124 Å². The maximum atomic E-state index is 5.79. The molecule has 0 bridgehead atoms. The first kappa shape index (κ1) is 13.8. The van der Waals surface area contributed by atoms with Crippen molar-refractivity contribution in [1.29, 1.82) is 0 Å². The van der Waals surface area contributed by atoms with E-state index in [9.17, 15) is 0 Å². The van der Waals surface area contributed by atoms with Crippen molar-refractivity contribution in [3.05, 3.63) is 47.6 Å². The summed E-state index contributed by atoms with van der Waals surface area (Å²) in [6, 6.07) is 8.40. The maximum Gasteiger partial charge on any atom is 0.151 e. The Morgan fingerprint density at radius 2 is 2.24 bits per heavy atom. The molecule has 0 aliphatic carbocycles. The van der Waals surface area contributed by atoms with Crippen molar-refractivity contribution in [1.82, 2.24) is 20.1 Å². The molecule has 0 radical (unpaired) electrons. The molecule has 0 fully saturated rings. The molecule has 1 aliphatic heterocycles. The molecule has 2 aromatic rings. The summed E-state index contributed by atoms with van der Waals surface area (Å²) in [4.78, 5) is 4.23. The molecule has 2 heterocycles. The highest BCUT2D eigenvalue weighted by Gasteiger charge is 2.15. The van der Waals surface area contributed by atoms with Crippen molar-refractivity contribution in [2.75, 3.05) is 13.2 Å². The summed E-state index contributed by atoms with van der Waals surface area (Å²) in [6.07, 6.45) is 4.78. The second kappa shape index (κ2) is 6.10. The van der Waals surface area contributed by atoms with Crippen molar-refractivity contribution in [2.45, 2.75) is 19.4 Å². The van der Waals surface area contributed by atoms with Crippen molar-refractivity contribution in [3.8, 4) is 5.75 Å². The van der Waals surface area contributed by atoms with E-state index in [1.807, 2.05) is 25.2 Å². The standard InChI is InChI=1S/C16H20N4O/c1-12(17-8-7-16-18-11-20(2)19-16)14-9-13-5-3-4-6-15(13)21-10-14/h3-6,9,11-12,17H,7-8,10H2,1-2H3. The van der Waals surface area contributed by atoms with Crippen LogP contribution in [0.5, 0.6) is 5.75 Å². The average Bonchev–Trinajstić information content (AvgIpc) is 2.92. The smallest absolute Gasteiger partial charge is 0.151 e. The highest BCUT2D eigenvalue weighted by molar-refractivity contribution is 5.62. The molecule has 0 saturated carbocycles. The number of nitrogens with one attached hydrogen (secondary N) is 1. The third-order valence-corrected chi connectivity index (χ3v) is 3.66. The van der Waals surface area contributed by atoms with Gasteiger partial charge >= 0.3 is 0 Å². The van der Waals surface area contributed by atoms with Gasteiger partial charge in [0, 0.05) is 31.6 Å². The Balaban J connectivity index is 1.56. The summed E-state index contributed by atoms with van der Waals surface area (Å²) >= 11 is 0. The number of hydrogen-bond donors (Lipinski definition) is 1. The van der Waals surface area contributed by atoms with Crippen LogP contribution in [-0.2, 0) is 13.5 Å². The minimum Gasteiger partial charge on any atom is -0.489 e. The van der Waals surface area contributed by atoms with E-state index in [0.29, 0.717) is 6.61 Å². The lowest BCUT2D eigenvalue weighted by Gasteiger charge is -2.23. The van der Waals surface area contributed by atoms with Crippen molar-refractivity contribution >= 4 is 6.08 Å². The molecule has 110 valence electrons. The van der Waals surface area contributed by atoms with E-state index in [0.717, 1.165) is 30.1 Å². The van der Waals surface area contributed by atoms with E-state index in [-0.39, 0.29) is 6.04 Å². The number of ether oxygens (including phenoxy) is 1. The summed E-state index contributed by atoms with van der Waals surface area (Å²) < 4.78 is 7.52. The zero-order valence-electron chi connectivity index (χ0n) is 12.4. The lowest BCUT2D eigenvalue weighted by atomic mass is 10.0. The monoisotopic (exact) mass is 284 g/mol. The van der Waals surface area contributed by atoms with Crippen LogP contribution in [0.3, 0.4) is 0 Å². The Bertz CT molecular complexity index is 647. The molecule has 1 unspecified atom stereocenters. The molecule has 1 aliphatic rings. The molecule has 3 rings (SSSR count). The fourth-order valence-corrected chi connectivity index (χ4v) is 2.41. The number of para-hydroxylation sites is 1. The van der Waals surface area contributed by atoms with Gasteiger partial charge in [-0.2, -0.15) is 5.10 Å². The van der Waals surface area contributed by atoms with Gasteiger partial charge < -0.3 is 10.1 Å². The highest BCUT2D eigenvalue weighted by atomic mass is 16.5. The summed E-state index contributed by atoms with van der Waals surface area (Å²) in [5, 5.41) is 7.78. The van der Waals surface area contributed by atoms with Crippen LogP contribution in [-0.4, -0.2) is 34.0 Å². The number of rotatable bonds is 5. The second-order valence-electron chi connectivity index (χ2n) is 5.31. The van der Waals surface area contributed by atoms with Gasteiger partial charge in [-0.15, -0.1) is 0 Å². The lowest BCUT2D eigenvalue weighted by Crippen LogP contribution is -2.32. The van der Waals surface area contributed by atoms with Gasteiger partial charge in [-0.1, -0.05) is 18.2 Å². The van der Waals surface area contributed by atoms with Crippen LogP contribution < -0.4 is 10.1 Å². The second-order valence-corrected chi connectivity index (χ2v) is 5.31. The predicted octanol–water partition coefficient (Wildman–Crippen LogP) is 1.81. The van der Waals surface area contributed by atoms with Gasteiger partial charge in [0.05, 0.1) is 0 Å². The fraction of sp³-hybridized carbons (Fsp3) is 0.375. The highest BCUT2D eigenvalue weighted by Crippen LogP contribution is 2.26. The van der Waals surface area contributed by atoms with Crippen LogP contribution >= 0.6 is 0 Å². The Kier molecular flexibility index (Phi) is 4.01. The minimum absolute atomic E-state index is 0.280. The zero-order valence-corrected chi connectivity index (χ0v) is 12.4. The van der Waals surface area contributed by atoms with Crippen molar-refractivity contribution in [3.63, 3.8) is 0 Å².